The molecule has 1 aromatic carbocycles. The van der Waals surface area contributed by atoms with Crippen LogP contribution in [0.25, 0.3) is 22.2 Å². The SMILES string of the molecule is Cn1c(C2CC2N)c(-c2ccc(C(=O)N3CCCC3)cc2)c2c(N)ncnc21. The fourth-order valence-corrected chi connectivity index (χ4v) is 4.43. The highest BCUT2D eigenvalue weighted by molar-refractivity contribution is 6.03. The molecule has 2 atom stereocenters. The van der Waals surface area contributed by atoms with Gasteiger partial charge < -0.3 is 20.9 Å². The van der Waals surface area contributed by atoms with Gasteiger partial charge in [0.25, 0.3) is 5.91 Å². The van der Waals surface area contributed by atoms with Gasteiger partial charge in [0.2, 0.25) is 0 Å². The molecule has 1 amide bonds. The van der Waals surface area contributed by atoms with E-state index in [-0.39, 0.29) is 11.9 Å². The van der Waals surface area contributed by atoms with E-state index in [1.54, 1.807) is 0 Å². The van der Waals surface area contributed by atoms with E-state index in [1.165, 1.54) is 6.33 Å². The molecule has 7 nitrogen and oxygen atoms in total. The molecule has 2 fully saturated rings. The Morgan fingerprint density at radius 2 is 1.82 bits per heavy atom. The molecule has 3 aromatic rings. The van der Waals surface area contributed by atoms with Gasteiger partial charge in [-0.1, -0.05) is 12.1 Å². The van der Waals surface area contributed by atoms with E-state index in [9.17, 15) is 4.79 Å². The molecular formula is C21H24N6O. The standard InChI is InChI=1S/C21H24N6O/c1-26-18(14-10-15(14)22)16(17-19(23)24-11-25-20(17)26)12-4-6-13(7-5-12)21(28)27-8-2-3-9-27/h4-7,11,14-15H,2-3,8-10,22H2,1H3,(H2,23,24,25). The maximum Gasteiger partial charge on any atom is 0.253 e. The summed E-state index contributed by atoms with van der Waals surface area (Å²) < 4.78 is 2.09. The number of anilines is 1. The first-order valence-corrected chi connectivity index (χ1v) is 9.80. The molecule has 1 aliphatic carbocycles. The molecule has 1 saturated heterocycles. The van der Waals surface area contributed by atoms with Crippen molar-refractivity contribution in [2.45, 2.75) is 31.2 Å². The molecular weight excluding hydrogens is 352 g/mol. The van der Waals surface area contributed by atoms with Crippen LogP contribution in [0, 0.1) is 0 Å². The van der Waals surface area contributed by atoms with Crippen LogP contribution in [0.2, 0.25) is 0 Å². The maximum atomic E-state index is 12.7. The topological polar surface area (TPSA) is 103 Å². The zero-order chi connectivity index (χ0) is 19.4. The van der Waals surface area contributed by atoms with Gasteiger partial charge >= 0.3 is 0 Å². The fourth-order valence-electron chi connectivity index (χ4n) is 4.43. The summed E-state index contributed by atoms with van der Waals surface area (Å²) in [4.78, 5) is 23.2. The smallest absolute Gasteiger partial charge is 0.253 e. The summed E-state index contributed by atoms with van der Waals surface area (Å²) in [5, 5.41) is 0.859. The number of fused-ring (bicyclic) bond motifs is 1. The number of carbonyl (C=O) groups is 1. The van der Waals surface area contributed by atoms with Gasteiger partial charge in [0.1, 0.15) is 17.8 Å². The molecule has 1 saturated carbocycles. The van der Waals surface area contributed by atoms with Crippen LogP contribution < -0.4 is 11.5 Å². The summed E-state index contributed by atoms with van der Waals surface area (Å²) in [6.07, 6.45) is 4.63. The molecule has 28 heavy (non-hydrogen) atoms. The zero-order valence-corrected chi connectivity index (χ0v) is 15.9. The normalized spacial score (nSPS) is 21.4. The van der Waals surface area contributed by atoms with Gasteiger partial charge in [-0.2, -0.15) is 0 Å². The van der Waals surface area contributed by atoms with Crippen LogP contribution in [0.3, 0.4) is 0 Å². The van der Waals surface area contributed by atoms with E-state index < -0.39 is 0 Å². The zero-order valence-electron chi connectivity index (χ0n) is 15.9. The molecule has 5 rings (SSSR count). The number of aryl methyl sites for hydroxylation is 1. The van der Waals surface area contributed by atoms with Gasteiger partial charge in [0.15, 0.2) is 0 Å². The van der Waals surface area contributed by atoms with E-state index in [2.05, 4.69) is 14.5 Å². The summed E-state index contributed by atoms with van der Waals surface area (Å²) >= 11 is 0. The van der Waals surface area contributed by atoms with Crippen molar-refractivity contribution in [3.05, 3.63) is 41.9 Å². The molecule has 0 spiro atoms. The lowest BCUT2D eigenvalue weighted by Gasteiger charge is -2.15. The summed E-state index contributed by atoms with van der Waals surface area (Å²) in [5.41, 5.74) is 17.1. The minimum Gasteiger partial charge on any atom is -0.383 e. The highest BCUT2D eigenvalue weighted by Crippen LogP contribution is 2.47. The number of benzene rings is 1. The van der Waals surface area contributed by atoms with Gasteiger partial charge in [-0.25, -0.2) is 9.97 Å². The minimum atomic E-state index is 0.106. The number of aromatic nitrogens is 3. The first-order chi connectivity index (χ1) is 13.6. The number of hydrogen-bond donors (Lipinski definition) is 2. The Morgan fingerprint density at radius 3 is 2.46 bits per heavy atom. The molecule has 2 unspecified atom stereocenters. The molecule has 4 N–H and O–H groups in total. The second-order valence-electron chi connectivity index (χ2n) is 7.86. The quantitative estimate of drug-likeness (QED) is 0.730. The highest BCUT2D eigenvalue weighted by atomic mass is 16.2. The molecule has 0 radical (unpaired) electrons. The Bertz CT molecular complexity index is 1060. The average Bonchev–Trinajstić information content (AvgIpc) is 3.10. The van der Waals surface area contributed by atoms with Crippen LogP contribution in [0.15, 0.2) is 30.6 Å². The van der Waals surface area contributed by atoms with E-state index in [0.717, 1.165) is 65.8 Å². The summed E-state index contributed by atoms with van der Waals surface area (Å²) in [7, 11) is 2.00. The Kier molecular flexibility index (Phi) is 3.87. The predicted molar refractivity (Wildman–Crippen MR) is 109 cm³/mol. The number of nitrogens with zero attached hydrogens (tertiary/aromatic N) is 4. The Balaban J connectivity index is 1.62. The van der Waals surface area contributed by atoms with Crippen LogP contribution in [-0.4, -0.2) is 44.5 Å². The number of rotatable bonds is 3. The first-order valence-electron chi connectivity index (χ1n) is 9.80. The second kappa shape index (κ2) is 6.31. The number of likely N-dealkylation sites (tertiary alicyclic amines) is 1. The van der Waals surface area contributed by atoms with Crippen molar-refractivity contribution in [1.82, 2.24) is 19.4 Å². The van der Waals surface area contributed by atoms with E-state index >= 15 is 0 Å². The number of nitrogens with two attached hydrogens (primary N) is 2. The lowest BCUT2D eigenvalue weighted by Crippen LogP contribution is -2.27. The molecule has 2 aromatic heterocycles. The maximum absolute atomic E-state index is 12.7. The number of hydrogen-bond acceptors (Lipinski definition) is 5. The van der Waals surface area contributed by atoms with Gasteiger partial charge in [0.05, 0.1) is 5.39 Å². The van der Waals surface area contributed by atoms with Crippen molar-refractivity contribution >= 4 is 22.8 Å². The van der Waals surface area contributed by atoms with Crippen LogP contribution in [0.5, 0.6) is 0 Å². The van der Waals surface area contributed by atoms with E-state index in [1.807, 2.05) is 36.2 Å². The van der Waals surface area contributed by atoms with Crippen LogP contribution in [-0.2, 0) is 7.05 Å². The van der Waals surface area contributed by atoms with Crippen molar-refractivity contribution in [2.75, 3.05) is 18.8 Å². The number of nitrogen functional groups attached to an aromatic ring is 1. The largest absolute Gasteiger partial charge is 0.383 e. The number of amides is 1. The van der Waals surface area contributed by atoms with Gasteiger partial charge in [-0.3, -0.25) is 4.79 Å². The van der Waals surface area contributed by atoms with Crippen molar-refractivity contribution < 1.29 is 4.79 Å². The summed E-state index contributed by atoms with van der Waals surface area (Å²) in [5.74, 6) is 0.863. The van der Waals surface area contributed by atoms with E-state index in [0.29, 0.717) is 11.7 Å². The van der Waals surface area contributed by atoms with Crippen molar-refractivity contribution in [2.24, 2.45) is 12.8 Å². The second-order valence-corrected chi connectivity index (χ2v) is 7.86. The molecule has 0 bridgehead atoms. The molecule has 1 aliphatic heterocycles. The monoisotopic (exact) mass is 376 g/mol. The Hall–Kier alpha value is -2.93. The highest BCUT2D eigenvalue weighted by Gasteiger charge is 2.40. The lowest BCUT2D eigenvalue weighted by atomic mass is 9.99. The summed E-state index contributed by atoms with van der Waals surface area (Å²) in [6, 6.07) is 7.98. The molecule has 3 heterocycles. The van der Waals surface area contributed by atoms with Crippen molar-refractivity contribution in [3.63, 3.8) is 0 Å². The molecule has 2 aliphatic rings. The predicted octanol–water partition coefficient (Wildman–Crippen LogP) is 2.27. The lowest BCUT2D eigenvalue weighted by molar-refractivity contribution is 0.0793. The van der Waals surface area contributed by atoms with Crippen LogP contribution >= 0.6 is 0 Å². The van der Waals surface area contributed by atoms with Gasteiger partial charge in [0, 0.05) is 48.9 Å². The van der Waals surface area contributed by atoms with E-state index in [4.69, 9.17) is 11.5 Å². The van der Waals surface area contributed by atoms with Crippen LogP contribution in [0.1, 0.15) is 41.2 Å². The molecule has 7 heteroatoms. The third-order valence-electron chi connectivity index (χ3n) is 6.05. The Labute approximate surface area is 163 Å². The fraction of sp³-hybridized carbons (Fsp3) is 0.381. The minimum absolute atomic E-state index is 0.106. The molecule has 144 valence electrons. The summed E-state index contributed by atoms with van der Waals surface area (Å²) in [6.45, 7) is 1.70. The first kappa shape index (κ1) is 17.2. The number of carbonyl (C=O) groups excluding carboxylic acids is 1. The third-order valence-corrected chi connectivity index (χ3v) is 6.05. The Morgan fingerprint density at radius 1 is 1.14 bits per heavy atom. The third kappa shape index (κ3) is 2.57. The van der Waals surface area contributed by atoms with Crippen LogP contribution in [0.4, 0.5) is 5.82 Å². The van der Waals surface area contributed by atoms with Gasteiger partial charge in [-0.05, 0) is 37.0 Å². The van der Waals surface area contributed by atoms with Crippen molar-refractivity contribution in [3.8, 4) is 11.1 Å². The van der Waals surface area contributed by atoms with Crippen molar-refractivity contribution in [1.29, 1.82) is 0 Å². The average molecular weight is 376 g/mol. The van der Waals surface area contributed by atoms with Gasteiger partial charge in [-0.15, -0.1) is 0 Å².